The Labute approximate surface area is 190 Å². The Morgan fingerprint density at radius 1 is 0.933 bits per heavy atom. The average Bonchev–Trinajstić information content (AvgIpc) is 2.71. The molecule has 6 heteroatoms. The van der Waals surface area contributed by atoms with Crippen molar-refractivity contribution >= 4 is 44.8 Å². The van der Waals surface area contributed by atoms with E-state index in [1.54, 1.807) is 6.07 Å². The molecule has 0 atom stereocenters. The maximum absolute atomic E-state index is 12.2. The average molecular weight is 488 g/mol. The van der Waals surface area contributed by atoms with Crippen LogP contribution in [0.1, 0.15) is 22.3 Å². The van der Waals surface area contributed by atoms with Crippen molar-refractivity contribution in [2.45, 2.75) is 27.3 Å². The first-order chi connectivity index (χ1) is 14.3. The quantitative estimate of drug-likeness (QED) is 0.392. The van der Waals surface area contributed by atoms with E-state index >= 15 is 0 Å². The molecule has 3 rings (SSSR count). The highest BCUT2D eigenvalue weighted by Gasteiger charge is 2.08. The predicted molar refractivity (Wildman–Crippen MR) is 128 cm³/mol. The molecule has 0 saturated heterocycles. The van der Waals surface area contributed by atoms with Gasteiger partial charge in [-0.3, -0.25) is 4.79 Å². The van der Waals surface area contributed by atoms with Gasteiger partial charge in [0.2, 0.25) is 0 Å². The summed E-state index contributed by atoms with van der Waals surface area (Å²) in [5, 5.41) is 6.82. The van der Waals surface area contributed by atoms with E-state index in [9.17, 15) is 4.79 Å². The minimum Gasteiger partial charge on any atom is -0.483 e. The highest BCUT2D eigenvalue weighted by Crippen LogP contribution is 2.27. The molecule has 0 aromatic heterocycles. The number of aryl methyl sites for hydroxylation is 3. The molecule has 0 aliphatic heterocycles. The molecular formula is C24H24BrClN2O2. The van der Waals surface area contributed by atoms with Crippen molar-refractivity contribution in [3.05, 3.63) is 86.3 Å². The fraction of sp³-hybridized carbons (Fsp3) is 0.208. The summed E-state index contributed by atoms with van der Waals surface area (Å²) in [6.07, 6.45) is 0. The van der Waals surface area contributed by atoms with Crippen LogP contribution in [0, 0.1) is 20.8 Å². The Bertz CT molecular complexity index is 1070. The first kappa shape index (κ1) is 22.2. The predicted octanol–water partition coefficient (Wildman–Crippen LogP) is 6.66. The zero-order valence-electron chi connectivity index (χ0n) is 17.2. The van der Waals surface area contributed by atoms with Crippen LogP contribution in [0.3, 0.4) is 0 Å². The summed E-state index contributed by atoms with van der Waals surface area (Å²) in [6, 6.07) is 17.6. The number of carbonyl (C=O) groups is 1. The molecule has 2 N–H and O–H groups in total. The largest absolute Gasteiger partial charge is 0.483 e. The zero-order valence-corrected chi connectivity index (χ0v) is 19.5. The van der Waals surface area contributed by atoms with Gasteiger partial charge in [0.15, 0.2) is 6.61 Å². The van der Waals surface area contributed by atoms with Crippen LogP contribution in [0.5, 0.6) is 5.75 Å². The SMILES string of the molecule is Cc1ccc(NCc2ccc(OCC(=O)Nc3ccc(C)c(Cl)c3)c(Br)c2)cc1C. The van der Waals surface area contributed by atoms with E-state index in [2.05, 4.69) is 58.6 Å². The first-order valence-corrected chi connectivity index (χ1v) is 10.8. The lowest BCUT2D eigenvalue weighted by Crippen LogP contribution is -2.20. The molecule has 0 heterocycles. The second kappa shape index (κ2) is 10.0. The van der Waals surface area contributed by atoms with E-state index in [1.807, 2.05) is 37.3 Å². The summed E-state index contributed by atoms with van der Waals surface area (Å²) in [6.45, 7) is 6.72. The standard InChI is InChI=1S/C24H24BrClN2O2/c1-15-4-7-19(10-17(15)3)27-13-18-6-9-23(21(25)11-18)30-14-24(29)28-20-8-5-16(2)22(26)12-20/h4-12,27H,13-14H2,1-3H3,(H,28,29). The van der Waals surface area contributed by atoms with E-state index in [4.69, 9.17) is 16.3 Å². The second-order valence-corrected chi connectivity index (χ2v) is 8.48. The molecule has 0 radical (unpaired) electrons. The van der Waals surface area contributed by atoms with E-state index in [0.717, 1.165) is 21.3 Å². The van der Waals surface area contributed by atoms with E-state index < -0.39 is 0 Å². The lowest BCUT2D eigenvalue weighted by atomic mass is 10.1. The smallest absolute Gasteiger partial charge is 0.262 e. The van der Waals surface area contributed by atoms with Crippen molar-refractivity contribution < 1.29 is 9.53 Å². The summed E-state index contributed by atoms with van der Waals surface area (Å²) in [5.41, 5.74) is 6.33. The fourth-order valence-corrected chi connectivity index (χ4v) is 3.56. The number of hydrogen-bond donors (Lipinski definition) is 2. The van der Waals surface area contributed by atoms with Crippen LogP contribution in [0.15, 0.2) is 59.1 Å². The third-order valence-electron chi connectivity index (χ3n) is 4.81. The van der Waals surface area contributed by atoms with Crippen LogP contribution in [0.4, 0.5) is 11.4 Å². The van der Waals surface area contributed by atoms with Gasteiger partial charge in [-0.15, -0.1) is 0 Å². The molecule has 1 amide bonds. The molecule has 0 bridgehead atoms. The van der Waals surface area contributed by atoms with Crippen molar-refractivity contribution in [3.8, 4) is 5.75 Å². The first-order valence-electron chi connectivity index (χ1n) is 9.60. The normalized spacial score (nSPS) is 10.6. The van der Waals surface area contributed by atoms with Gasteiger partial charge in [-0.05, 0) is 95.4 Å². The molecule has 3 aromatic rings. The van der Waals surface area contributed by atoms with Crippen LogP contribution >= 0.6 is 27.5 Å². The highest BCUT2D eigenvalue weighted by molar-refractivity contribution is 9.10. The number of rotatable bonds is 7. The third kappa shape index (κ3) is 6.00. The number of halogens is 2. The third-order valence-corrected chi connectivity index (χ3v) is 5.84. The van der Waals surface area contributed by atoms with Crippen LogP contribution in [0.25, 0.3) is 0 Å². The van der Waals surface area contributed by atoms with Crippen LogP contribution in [-0.4, -0.2) is 12.5 Å². The summed E-state index contributed by atoms with van der Waals surface area (Å²) < 4.78 is 6.46. The number of ether oxygens (including phenoxy) is 1. The minimum absolute atomic E-state index is 0.0929. The number of amides is 1. The summed E-state index contributed by atoms with van der Waals surface area (Å²) >= 11 is 9.62. The summed E-state index contributed by atoms with van der Waals surface area (Å²) in [4.78, 5) is 12.2. The minimum atomic E-state index is -0.248. The molecule has 156 valence electrons. The van der Waals surface area contributed by atoms with E-state index in [0.29, 0.717) is 23.0 Å². The van der Waals surface area contributed by atoms with Gasteiger partial charge in [-0.1, -0.05) is 29.8 Å². The number of nitrogens with one attached hydrogen (secondary N) is 2. The van der Waals surface area contributed by atoms with Gasteiger partial charge in [0.1, 0.15) is 5.75 Å². The number of anilines is 2. The topological polar surface area (TPSA) is 50.4 Å². The van der Waals surface area contributed by atoms with Gasteiger partial charge in [-0.2, -0.15) is 0 Å². The molecule has 0 unspecified atom stereocenters. The molecule has 0 saturated carbocycles. The number of hydrogen-bond acceptors (Lipinski definition) is 3. The van der Waals surface area contributed by atoms with Crippen LogP contribution < -0.4 is 15.4 Å². The van der Waals surface area contributed by atoms with Crippen molar-refractivity contribution in [1.82, 2.24) is 0 Å². The van der Waals surface area contributed by atoms with Gasteiger partial charge in [0.25, 0.3) is 5.91 Å². The van der Waals surface area contributed by atoms with Crippen molar-refractivity contribution in [3.63, 3.8) is 0 Å². The number of carbonyl (C=O) groups excluding carboxylic acids is 1. The molecular weight excluding hydrogens is 464 g/mol. The maximum atomic E-state index is 12.2. The Hall–Kier alpha value is -2.50. The second-order valence-electron chi connectivity index (χ2n) is 7.22. The lowest BCUT2D eigenvalue weighted by Gasteiger charge is -2.12. The monoisotopic (exact) mass is 486 g/mol. The molecule has 3 aromatic carbocycles. The fourth-order valence-electron chi connectivity index (χ4n) is 2.84. The van der Waals surface area contributed by atoms with Gasteiger partial charge >= 0.3 is 0 Å². The number of benzene rings is 3. The molecule has 0 aliphatic carbocycles. The van der Waals surface area contributed by atoms with Crippen LogP contribution in [0.2, 0.25) is 5.02 Å². The Kier molecular flexibility index (Phi) is 7.40. The van der Waals surface area contributed by atoms with Gasteiger partial charge in [0.05, 0.1) is 4.47 Å². The van der Waals surface area contributed by atoms with Crippen molar-refractivity contribution in [2.75, 3.05) is 17.2 Å². The maximum Gasteiger partial charge on any atom is 0.262 e. The molecule has 0 fully saturated rings. The Morgan fingerprint density at radius 3 is 2.37 bits per heavy atom. The van der Waals surface area contributed by atoms with Crippen molar-refractivity contribution in [2.24, 2.45) is 0 Å². The van der Waals surface area contributed by atoms with E-state index in [1.165, 1.54) is 11.1 Å². The van der Waals surface area contributed by atoms with Crippen LogP contribution in [-0.2, 0) is 11.3 Å². The Balaban J connectivity index is 1.53. The van der Waals surface area contributed by atoms with Gasteiger partial charge < -0.3 is 15.4 Å². The van der Waals surface area contributed by atoms with E-state index in [-0.39, 0.29) is 12.5 Å². The molecule has 0 spiro atoms. The summed E-state index contributed by atoms with van der Waals surface area (Å²) in [7, 11) is 0. The van der Waals surface area contributed by atoms with Crippen molar-refractivity contribution in [1.29, 1.82) is 0 Å². The zero-order chi connectivity index (χ0) is 21.7. The summed E-state index contributed by atoms with van der Waals surface area (Å²) in [5.74, 6) is 0.365. The molecule has 0 aliphatic rings. The lowest BCUT2D eigenvalue weighted by molar-refractivity contribution is -0.118. The molecule has 30 heavy (non-hydrogen) atoms. The highest BCUT2D eigenvalue weighted by atomic mass is 79.9. The van der Waals surface area contributed by atoms with Gasteiger partial charge in [-0.25, -0.2) is 0 Å². The Morgan fingerprint density at radius 2 is 1.67 bits per heavy atom. The molecule has 4 nitrogen and oxygen atoms in total. The van der Waals surface area contributed by atoms with Gasteiger partial charge in [0, 0.05) is 22.9 Å².